The van der Waals surface area contributed by atoms with Crippen LogP contribution < -0.4 is 30.2 Å². The van der Waals surface area contributed by atoms with Crippen LogP contribution in [0.4, 0.5) is 17.1 Å². The normalized spacial score (nSPS) is 10.2. The number of ether oxygens (including phenoxy) is 3. The lowest BCUT2D eigenvalue weighted by atomic mass is 10.0. The highest BCUT2D eigenvalue weighted by Gasteiger charge is 2.18. The first-order chi connectivity index (χ1) is 47.2. The zero-order valence-electron chi connectivity index (χ0n) is 56.6. The fraction of sp³-hybridized carbons (Fsp3) is 0.345. The lowest BCUT2D eigenvalue weighted by molar-refractivity contribution is 0.102. The van der Waals surface area contributed by atoms with E-state index in [-0.39, 0.29) is 16.7 Å². The number of amides is 3. The average molecular weight is 1280 g/mol. The predicted molar refractivity (Wildman–Crippen MR) is 395 cm³/mol. The molecule has 0 radical (unpaired) electrons. The summed E-state index contributed by atoms with van der Waals surface area (Å²) < 4.78 is 17.8. The number of rotatable bonds is 36. The second-order valence-electron chi connectivity index (χ2n) is 23.9. The third kappa shape index (κ3) is 29.3. The first kappa shape index (κ1) is 73.1. The molecule has 0 aliphatic carbocycles. The smallest absolute Gasteiger partial charge is 0.255 e. The van der Waals surface area contributed by atoms with Crippen molar-refractivity contribution in [1.29, 1.82) is 0 Å². The molecule has 0 aromatic heterocycles. The van der Waals surface area contributed by atoms with Gasteiger partial charge in [-0.05, 0) is 219 Å². The molecule has 3 N–H and O–H groups in total. The fourth-order valence-corrected chi connectivity index (χ4v) is 10.3. The highest BCUT2D eigenvalue weighted by atomic mass is 16.5. The lowest BCUT2D eigenvalue weighted by Gasteiger charge is -2.12. The van der Waals surface area contributed by atoms with Crippen LogP contribution in [-0.4, -0.2) is 37.5 Å². The number of unbranched alkanes of at least 4 members (excludes halogenated alkanes) is 21. The summed E-state index contributed by atoms with van der Waals surface area (Å²) in [6.45, 7) is 8.86. The second-order valence-corrected chi connectivity index (χ2v) is 23.9. The topological polar surface area (TPSA) is 115 Å². The van der Waals surface area contributed by atoms with Crippen LogP contribution in [-0.2, 0) is 0 Å². The molecular weight excluding hydrogens is 1180 g/mol. The summed E-state index contributed by atoms with van der Waals surface area (Å²) in [5, 5.41) is 8.72. The van der Waals surface area contributed by atoms with Crippen molar-refractivity contribution in [3.63, 3.8) is 0 Å². The summed E-state index contributed by atoms with van der Waals surface area (Å²) >= 11 is 0. The fourth-order valence-electron chi connectivity index (χ4n) is 10.3. The van der Waals surface area contributed by atoms with Gasteiger partial charge in [-0.15, -0.1) is 0 Å². The molecule has 96 heavy (non-hydrogen) atoms. The molecule has 0 saturated heterocycles. The van der Waals surface area contributed by atoms with Crippen LogP contribution in [0.15, 0.2) is 164 Å². The summed E-state index contributed by atoms with van der Waals surface area (Å²) in [6, 6.07) is 48.6. The van der Waals surface area contributed by atoms with Crippen molar-refractivity contribution in [2.45, 2.75) is 175 Å². The Labute approximate surface area is 573 Å². The van der Waals surface area contributed by atoms with Gasteiger partial charge in [-0.1, -0.05) is 191 Å². The Hall–Kier alpha value is -10.3. The second kappa shape index (κ2) is 44.3. The molecule has 0 unspecified atom stereocenters. The van der Waals surface area contributed by atoms with Crippen LogP contribution in [0.25, 0.3) is 0 Å². The van der Waals surface area contributed by atoms with Crippen LogP contribution in [0.2, 0.25) is 0 Å². The van der Waals surface area contributed by atoms with E-state index in [2.05, 4.69) is 108 Å². The Bertz CT molecular complexity index is 3490. The van der Waals surface area contributed by atoms with Gasteiger partial charge < -0.3 is 30.2 Å². The zero-order valence-corrected chi connectivity index (χ0v) is 56.6. The Kier molecular flexibility index (Phi) is 33.8. The lowest BCUT2D eigenvalue weighted by Crippen LogP contribution is -2.19. The number of hydrogen-bond donors (Lipinski definition) is 3. The van der Waals surface area contributed by atoms with Gasteiger partial charge in [0.25, 0.3) is 17.7 Å². The van der Waals surface area contributed by atoms with Gasteiger partial charge in [0.15, 0.2) is 0 Å². The minimum atomic E-state index is -0.532. The number of hydrogen-bond acceptors (Lipinski definition) is 6. The third-order valence-electron chi connectivity index (χ3n) is 15.9. The monoisotopic (exact) mass is 1280 g/mol. The van der Waals surface area contributed by atoms with E-state index in [0.29, 0.717) is 53.6 Å². The minimum Gasteiger partial charge on any atom is -0.494 e. The molecule has 0 fully saturated rings. The molecule has 0 atom stereocenters. The Balaban J connectivity index is 0.947. The first-order valence-corrected chi connectivity index (χ1v) is 34.9. The van der Waals surface area contributed by atoms with E-state index in [1.165, 1.54) is 153 Å². The van der Waals surface area contributed by atoms with E-state index in [9.17, 15) is 14.4 Å². The summed E-state index contributed by atoms with van der Waals surface area (Å²) in [5.74, 6) is 36.9. The van der Waals surface area contributed by atoms with Gasteiger partial charge in [0.2, 0.25) is 0 Å². The maximum Gasteiger partial charge on any atom is 0.255 e. The van der Waals surface area contributed by atoms with Gasteiger partial charge >= 0.3 is 0 Å². The van der Waals surface area contributed by atoms with Crippen molar-refractivity contribution in [3.05, 3.63) is 214 Å². The van der Waals surface area contributed by atoms with E-state index < -0.39 is 17.7 Å². The van der Waals surface area contributed by atoms with E-state index >= 15 is 0 Å². The maximum absolute atomic E-state index is 14.0. The maximum atomic E-state index is 14.0. The quantitative estimate of drug-likeness (QED) is 0.0266. The van der Waals surface area contributed by atoms with Crippen LogP contribution >= 0.6 is 0 Å². The van der Waals surface area contributed by atoms with Gasteiger partial charge in [-0.3, -0.25) is 14.4 Å². The molecule has 0 saturated carbocycles. The van der Waals surface area contributed by atoms with Gasteiger partial charge in [-0.2, -0.15) is 0 Å². The summed E-state index contributed by atoms with van der Waals surface area (Å²) in [6.07, 6.45) is 30.2. The Morgan fingerprint density at radius 1 is 0.260 bits per heavy atom. The molecule has 0 aliphatic heterocycles. The SMILES string of the molecule is CCCCCCCCCCOc1ccc(C#CC#Cc2ccc(NC(=O)c3cc(C(=O)Nc4ccc(C#CC#Cc5ccc(OCCCCCCCCCC)cc5)cc4)cc(C(=O)Nc4ccc(C#CC#Cc5ccc(OCCCCCCCCCC)cc5)cc4)c3)cc2)cc1. The number of carbonyl (C=O) groups excluding carboxylic acids is 3. The van der Waals surface area contributed by atoms with Gasteiger partial charge in [-0.25, -0.2) is 0 Å². The van der Waals surface area contributed by atoms with Crippen molar-refractivity contribution < 1.29 is 28.6 Å². The van der Waals surface area contributed by atoms with Gasteiger partial charge in [0.1, 0.15) is 17.2 Å². The molecule has 3 amide bonds. The molecule has 7 rings (SSSR count). The predicted octanol–water partition coefficient (Wildman–Crippen LogP) is 20.2. The molecule has 0 spiro atoms. The summed E-state index contributed by atoms with van der Waals surface area (Å²) in [7, 11) is 0. The van der Waals surface area contributed by atoms with Crippen LogP contribution in [0.3, 0.4) is 0 Å². The molecular formula is C87H93N3O6. The van der Waals surface area contributed by atoms with Crippen molar-refractivity contribution in [1.82, 2.24) is 0 Å². The number of anilines is 3. The van der Waals surface area contributed by atoms with E-state index in [1.54, 1.807) is 72.8 Å². The number of benzene rings is 7. The minimum absolute atomic E-state index is 0.0882. The third-order valence-corrected chi connectivity index (χ3v) is 15.9. The average Bonchev–Trinajstić information content (AvgIpc) is 0.846. The van der Waals surface area contributed by atoms with E-state index in [1.807, 2.05) is 72.8 Å². The van der Waals surface area contributed by atoms with Crippen LogP contribution in [0, 0.1) is 71.0 Å². The van der Waals surface area contributed by atoms with Crippen molar-refractivity contribution in [2.24, 2.45) is 0 Å². The summed E-state index contributed by atoms with van der Waals surface area (Å²) in [4.78, 5) is 42.1. The zero-order chi connectivity index (χ0) is 67.3. The largest absolute Gasteiger partial charge is 0.494 e. The highest BCUT2D eigenvalue weighted by Crippen LogP contribution is 2.22. The number of nitrogens with one attached hydrogen (secondary N) is 3. The molecule has 9 nitrogen and oxygen atoms in total. The highest BCUT2D eigenvalue weighted by molar-refractivity contribution is 6.13. The van der Waals surface area contributed by atoms with Crippen LogP contribution in [0.1, 0.15) is 239 Å². The Morgan fingerprint density at radius 2 is 0.448 bits per heavy atom. The van der Waals surface area contributed by atoms with Crippen molar-refractivity contribution in [3.8, 4) is 88.3 Å². The molecule has 492 valence electrons. The van der Waals surface area contributed by atoms with Gasteiger partial charge in [0.05, 0.1) is 19.8 Å². The first-order valence-electron chi connectivity index (χ1n) is 34.9. The summed E-state index contributed by atoms with van der Waals surface area (Å²) in [5.41, 5.74) is 6.32. The molecule has 0 bridgehead atoms. The number of carbonyl (C=O) groups is 3. The standard InChI is InChI=1S/C87H93N3O6/c1-4-7-10-13-16-19-22-31-64-94-82-58-46-73(47-59-82)37-28-25-34-70-40-52-79(53-41-70)88-85(91)76-67-77(86(92)89-80-54-42-71(43-55-80)35-26-29-38-74-48-60-83(61-49-74)95-65-32-23-20-17-14-11-8-5-2)69-78(68-76)87(93)90-81-56-44-72(45-57-81)36-27-30-39-75-50-62-84(63-51-75)96-66-33-24-21-18-15-12-9-6-3/h40-63,67-69H,4-24,31-33,64-66H2,1-3H3,(H,88,91)(H,89,92)(H,90,93). The van der Waals surface area contributed by atoms with E-state index in [0.717, 1.165) is 53.2 Å². The molecule has 0 heterocycles. The Morgan fingerprint density at radius 3 is 0.656 bits per heavy atom. The molecule has 7 aromatic rings. The molecule has 0 aliphatic rings. The van der Waals surface area contributed by atoms with Crippen molar-refractivity contribution >= 4 is 34.8 Å². The van der Waals surface area contributed by atoms with Crippen molar-refractivity contribution in [2.75, 3.05) is 35.8 Å². The molecule has 9 heteroatoms. The van der Waals surface area contributed by atoms with E-state index in [4.69, 9.17) is 14.2 Å². The van der Waals surface area contributed by atoms with Crippen LogP contribution in [0.5, 0.6) is 17.2 Å². The molecule has 7 aromatic carbocycles. The van der Waals surface area contributed by atoms with Gasteiger partial charge in [0, 0.05) is 67.1 Å².